The molecule has 0 atom stereocenters. The molecule has 2 fully saturated rings. The lowest BCUT2D eigenvalue weighted by molar-refractivity contribution is 0.122. The highest BCUT2D eigenvalue weighted by molar-refractivity contribution is 5.89. The zero-order chi connectivity index (χ0) is 24.2. The van der Waals surface area contributed by atoms with E-state index in [1.807, 2.05) is 29.2 Å². The Morgan fingerprint density at radius 1 is 1.14 bits per heavy atom. The highest BCUT2D eigenvalue weighted by atomic mass is 16.5. The van der Waals surface area contributed by atoms with E-state index >= 15 is 0 Å². The van der Waals surface area contributed by atoms with Crippen molar-refractivity contribution in [2.24, 2.45) is 0 Å². The number of nitrogens with one attached hydrogen (secondary N) is 1. The van der Waals surface area contributed by atoms with E-state index < -0.39 is 0 Å². The number of rotatable bonds is 5. The minimum Gasteiger partial charge on any atom is -0.497 e. The normalized spacial score (nSPS) is 18.7. The molecule has 9 heteroatoms. The Morgan fingerprint density at radius 3 is 2.71 bits per heavy atom. The van der Waals surface area contributed by atoms with Crippen molar-refractivity contribution in [2.75, 3.05) is 62.1 Å². The molecule has 35 heavy (non-hydrogen) atoms. The van der Waals surface area contributed by atoms with Crippen molar-refractivity contribution in [2.45, 2.75) is 51.1 Å². The fourth-order valence-electron chi connectivity index (χ4n) is 5.29. The Balaban J connectivity index is 1.39. The Bertz CT molecular complexity index is 1040. The molecule has 1 N–H and O–H groups in total. The van der Waals surface area contributed by atoms with Crippen molar-refractivity contribution in [3.05, 3.63) is 35.5 Å². The number of nitrogens with zero attached hydrogens (tertiary/aromatic N) is 5. The van der Waals surface area contributed by atoms with E-state index in [4.69, 9.17) is 19.4 Å². The molecule has 5 rings (SSSR count). The van der Waals surface area contributed by atoms with E-state index in [9.17, 15) is 4.79 Å². The van der Waals surface area contributed by atoms with Gasteiger partial charge in [0.1, 0.15) is 11.6 Å². The van der Waals surface area contributed by atoms with Crippen molar-refractivity contribution in [1.82, 2.24) is 14.9 Å². The van der Waals surface area contributed by atoms with Gasteiger partial charge in [0.05, 0.1) is 32.6 Å². The molecule has 1 aromatic carbocycles. The first kappa shape index (κ1) is 23.7. The summed E-state index contributed by atoms with van der Waals surface area (Å²) in [6.07, 6.45) is 6.97. The molecule has 0 unspecified atom stereocenters. The summed E-state index contributed by atoms with van der Waals surface area (Å²) >= 11 is 0. The molecule has 1 aliphatic carbocycles. The zero-order valence-corrected chi connectivity index (χ0v) is 20.8. The average molecular weight is 481 g/mol. The van der Waals surface area contributed by atoms with Gasteiger partial charge in [-0.2, -0.15) is 4.98 Å². The summed E-state index contributed by atoms with van der Waals surface area (Å²) in [5.74, 6) is 2.48. The highest BCUT2D eigenvalue weighted by Gasteiger charge is 2.30. The number of urea groups is 1. The lowest BCUT2D eigenvalue weighted by Gasteiger charge is -2.36. The number of anilines is 3. The second-order valence-electron chi connectivity index (χ2n) is 9.61. The van der Waals surface area contributed by atoms with Gasteiger partial charge in [-0.1, -0.05) is 25.3 Å². The van der Waals surface area contributed by atoms with Crippen molar-refractivity contribution in [1.29, 1.82) is 0 Å². The number of ether oxygens (including phenoxy) is 2. The Labute approximate surface area is 207 Å². The summed E-state index contributed by atoms with van der Waals surface area (Å²) in [5, 5.41) is 3.01. The Hall–Kier alpha value is -3.07. The van der Waals surface area contributed by atoms with Crippen LogP contribution in [0.25, 0.3) is 0 Å². The second-order valence-corrected chi connectivity index (χ2v) is 9.61. The van der Waals surface area contributed by atoms with Crippen molar-refractivity contribution >= 4 is 23.5 Å². The molecule has 2 aliphatic heterocycles. The number of fused-ring (bicyclic) bond motifs is 1. The van der Waals surface area contributed by atoms with Crippen LogP contribution in [0.4, 0.5) is 22.2 Å². The summed E-state index contributed by atoms with van der Waals surface area (Å²) in [6, 6.07) is 7.79. The van der Waals surface area contributed by atoms with Gasteiger partial charge in [-0.15, -0.1) is 0 Å². The molecule has 3 aliphatic rings. The number of morpholine rings is 1. The Kier molecular flexibility index (Phi) is 7.22. The van der Waals surface area contributed by atoms with E-state index in [1.165, 1.54) is 32.1 Å². The first-order valence-electron chi connectivity index (χ1n) is 12.8. The monoisotopic (exact) mass is 480 g/mol. The number of carbonyl (C=O) groups is 1. The van der Waals surface area contributed by atoms with Gasteiger partial charge in [-0.3, -0.25) is 0 Å². The highest BCUT2D eigenvalue weighted by Crippen LogP contribution is 2.32. The molecule has 3 heterocycles. The molecule has 1 saturated carbocycles. The van der Waals surface area contributed by atoms with Gasteiger partial charge in [0.2, 0.25) is 5.95 Å². The van der Waals surface area contributed by atoms with Crippen LogP contribution in [0.5, 0.6) is 5.75 Å². The summed E-state index contributed by atoms with van der Waals surface area (Å²) in [4.78, 5) is 29.7. The molecule has 1 aromatic heterocycles. The number of hydrogen-bond acceptors (Lipinski definition) is 7. The molecule has 9 nitrogen and oxygen atoms in total. The fourth-order valence-corrected chi connectivity index (χ4v) is 5.29. The maximum atomic E-state index is 13.1. The molecule has 0 spiro atoms. The third-order valence-electron chi connectivity index (χ3n) is 7.38. The quantitative estimate of drug-likeness (QED) is 0.699. The smallest absolute Gasteiger partial charge is 0.322 e. The first-order chi connectivity index (χ1) is 17.1. The van der Waals surface area contributed by atoms with Crippen LogP contribution in [0, 0.1) is 0 Å². The van der Waals surface area contributed by atoms with Crippen LogP contribution in [-0.2, 0) is 17.7 Å². The van der Waals surface area contributed by atoms with Crippen molar-refractivity contribution < 1.29 is 14.3 Å². The molecule has 0 bridgehead atoms. The number of methoxy groups -OCH3 is 1. The molecular formula is C26H36N6O3. The third kappa shape index (κ3) is 5.29. The molecular weight excluding hydrogens is 444 g/mol. The zero-order valence-electron chi connectivity index (χ0n) is 20.8. The lowest BCUT2D eigenvalue weighted by Crippen LogP contribution is -2.43. The van der Waals surface area contributed by atoms with Gasteiger partial charge >= 0.3 is 6.03 Å². The van der Waals surface area contributed by atoms with Crippen LogP contribution < -0.4 is 19.9 Å². The molecule has 2 amide bonds. The number of amides is 2. The number of aromatic nitrogens is 2. The van der Waals surface area contributed by atoms with Gasteiger partial charge in [-0.25, -0.2) is 9.78 Å². The number of carbonyl (C=O) groups excluding carboxylic acids is 1. The van der Waals surface area contributed by atoms with Crippen LogP contribution in [0.3, 0.4) is 0 Å². The van der Waals surface area contributed by atoms with Crippen LogP contribution in [0.15, 0.2) is 24.3 Å². The number of hydrogen-bond donors (Lipinski definition) is 1. The van der Waals surface area contributed by atoms with Gasteiger partial charge < -0.3 is 29.5 Å². The summed E-state index contributed by atoms with van der Waals surface area (Å²) in [7, 11) is 3.76. The van der Waals surface area contributed by atoms with E-state index in [0.29, 0.717) is 50.2 Å². The van der Waals surface area contributed by atoms with Crippen molar-refractivity contribution in [3.63, 3.8) is 0 Å². The van der Waals surface area contributed by atoms with Gasteiger partial charge in [0.15, 0.2) is 0 Å². The minimum atomic E-state index is -0.125. The number of benzene rings is 1. The predicted molar refractivity (Wildman–Crippen MR) is 136 cm³/mol. The molecule has 0 radical (unpaired) electrons. The second kappa shape index (κ2) is 10.7. The van der Waals surface area contributed by atoms with E-state index in [2.05, 4.69) is 22.2 Å². The van der Waals surface area contributed by atoms with Gasteiger partial charge in [0, 0.05) is 56.5 Å². The summed E-state index contributed by atoms with van der Waals surface area (Å²) < 4.78 is 10.9. The van der Waals surface area contributed by atoms with E-state index in [-0.39, 0.29) is 6.03 Å². The topological polar surface area (TPSA) is 83.1 Å². The van der Waals surface area contributed by atoms with Crippen LogP contribution in [-0.4, -0.2) is 73.9 Å². The van der Waals surface area contributed by atoms with E-state index in [1.54, 1.807) is 7.11 Å². The summed E-state index contributed by atoms with van der Waals surface area (Å²) in [6.45, 7) is 4.08. The van der Waals surface area contributed by atoms with Crippen LogP contribution >= 0.6 is 0 Å². The molecule has 1 saturated heterocycles. The SMILES string of the molecule is COc1cccc(NC(=O)N2CCc3nc(N(C)C4CCCCC4)nc(N4CCOCC4)c3C2)c1. The summed E-state index contributed by atoms with van der Waals surface area (Å²) in [5.41, 5.74) is 2.83. The maximum Gasteiger partial charge on any atom is 0.322 e. The van der Waals surface area contributed by atoms with Crippen LogP contribution in [0.2, 0.25) is 0 Å². The lowest BCUT2D eigenvalue weighted by atomic mass is 9.95. The Morgan fingerprint density at radius 2 is 1.94 bits per heavy atom. The fraction of sp³-hybridized carbons (Fsp3) is 0.577. The maximum absolute atomic E-state index is 13.1. The van der Waals surface area contributed by atoms with Gasteiger partial charge in [-0.05, 0) is 25.0 Å². The predicted octanol–water partition coefficient (Wildman–Crippen LogP) is 3.68. The first-order valence-corrected chi connectivity index (χ1v) is 12.8. The average Bonchev–Trinajstić information content (AvgIpc) is 2.92. The van der Waals surface area contributed by atoms with Crippen molar-refractivity contribution in [3.8, 4) is 5.75 Å². The standard InChI is InChI=1S/C26H36N6O3/c1-30(20-8-4-3-5-9-20)25-28-23-11-12-32(26(33)27-19-7-6-10-21(17-19)34-2)18-22(23)24(29-25)31-13-15-35-16-14-31/h6-7,10,17,20H,3-5,8-9,11-16,18H2,1-2H3,(H,27,33). The molecule has 2 aromatic rings. The van der Waals surface area contributed by atoms with Crippen LogP contribution in [0.1, 0.15) is 43.4 Å². The van der Waals surface area contributed by atoms with E-state index in [0.717, 1.165) is 36.1 Å². The minimum absolute atomic E-state index is 0.125. The molecule has 188 valence electrons. The van der Waals surface area contributed by atoms with Gasteiger partial charge in [0.25, 0.3) is 0 Å². The largest absolute Gasteiger partial charge is 0.497 e. The third-order valence-corrected chi connectivity index (χ3v) is 7.38.